The first kappa shape index (κ1) is 11.8. The second-order valence-electron chi connectivity index (χ2n) is 4.90. The van der Waals surface area contributed by atoms with E-state index in [1.165, 1.54) is 11.1 Å². The molecule has 0 radical (unpaired) electrons. The van der Waals surface area contributed by atoms with Crippen LogP contribution in [0.4, 0.5) is 5.69 Å². The van der Waals surface area contributed by atoms with Gasteiger partial charge in [-0.05, 0) is 49.2 Å². The van der Waals surface area contributed by atoms with Gasteiger partial charge in [-0.15, -0.1) is 0 Å². The van der Waals surface area contributed by atoms with Crippen molar-refractivity contribution >= 4 is 16.7 Å². The summed E-state index contributed by atoms with van der Waals surface area (Å²) in [6, 6.07) is 16.6. The lowest BCUT2D eigenvalue weighted by atomic mass is 10.1. The van der Waals surface area contributed by atoms with E-state index in [9.17, 15) is 0 Å². The Hall–Kier alpha value is -2.22. The summed E-state index contributed by atoms with van der Waals surface area (Å²) in [5.74, 6) is 0.958. The van der Waals surface area contributed by atoms with Crippen LogP contribution < -0.4 is 5.32 Å². The van der Waals surface area contributed by atoms with Gasteiger partial charge in [-0.1, -0.05) is 24.3 Å². The van der Waals surface area contributed by atoms with Gasteiger partial charge in [0.2, 0.25) is 0 Å². The third kappa shape index (κ3) is 2.48. The van der Waals surface area contributed by atoms with Crippen molar-refractivity contribution in [1.29, 1.82) is 0 Å². The number of benzene rings is 2. The summed E-state index contributed by atoms with van der Waals surface area (Å²) in [6.07, 6.45) is 0. The van der Waals surface area contributed by atoms with Crippen molar-refractivity contribution in [3.63, 3.8) is 0 Å². The largest absolute Gasteiger partial charge is 0.459 e. The Morgan fingerprint density at radius 2 is 1.79 bits per heavy atom. The molecule has 0 fully saturated rings. The molecule has 3 rings (SSSR count). The van der Waals surface area contributed by atoms with E-state index in [1.807, 2.05) is 18.2 Å². The third-order valence-corrected chi connectivity index (χ3v) is 3.45. The van der Waals surface area contributed by atoms with Gasteiger partial charge in [0.25, 0.3) is 0 Å². The fourth-order valence-electron chi connectivity index (χ4n) is 2.16. The van der Waals surface area contributed by atoms with Crippen LogP contribution in [0.3, 0.4) is 0 Å². The molecule has 2 nitrogen and oxygen atoms in total. The molecule has 0 saturated carbocycles. The molecule has 19 heavy (non-hydrogen) atoms. The predicted molar refractivity (Wildman–Crippen MR) is 79.5 cm³/mol. The maximum atomic E-state index is 5.78. The molecule has 1 N–H and O–H groups in total. The summed E-state index contributed by atoms with van der Waals surface area (Å²) < 4.78 is 5.78. The summed E-state index contributed by atoms with van der Waals surface area (Å²) in [7, 11) is 0. The molecule has 3 aromatic rings. The van der Waals surface area contributed by atoms with Crippen LogP contribution >= 0.6 is 0 Å². The van der Waals surface area contributed by atoms with Gasteiger partial charge >= 0.3 is 0 Å². The molecule has 0 amide bonds. The molecule has 1 aromatic heterocycles. The van der Waals surface area contributed by atoms with Gasteiger partial charge in [-0.3, -0.25) is 0 Å². The van der Waals surface area contributed by atoms with Crippen molar-refractivity contribution < 1.29 is 4.42 Å². The number of hydrogen-bond donors (Lipinski definition) is 1. The Labute approximate surface area is 113 Å². The highest BCUT2D eigenvalue weighted by molar-refractivity contribution is 5.77. The number of furan rings is 1. The first-order valence-electron chi connectivity index (χ1n) is 6.51. The van der Waals surface area contributed by atoms with Gasteiger partial charge in [-0.25, -0.2) is 0 Å². The zero-order chi connectivity index (χ0) is 13.2. The Morgan fingerprint density at radius 3 is 2.58 bits per heavy atom. The number of nitrogens with one attached hydrogen (secondary N) is 1. The second kappa shape index (κ2) is 4.81. The van der Waals surface area contributed by atoms with E-state index >= 15 is 0 Å². The van der Waals surface area contributed by atoms with Gasteiger partial charge in [0.05, 0.1) is 6.54 Å². The fourth-order valence-corrected chi connectivity index (χ4v) is 2.16. The molecule has 2 aromatic carbocycles. The minimum Gasteiger partial charge on any atom is -0.459 e. The minimum atomic E-state index is 0.706. The Kier molecular flexibility index (Phi) is 3.00. The molecule has 96 valence electrons. The van der Waals surface area contributed by atoms with E-state index in [0.29, 0.717) is 6.54 Å². The number of hydrogen-bond acceptors (Lipinski definition) is 2. The summed E-state index contributed by atoms with van der Waals surface area (Å²) in [5.41, 5.74) is 4.69. The third-order valence-electron chi connectivity index (χ3n) is 3.45. The molecule has 0 aliphatic rings. The lowest BCUT2D eigenvalue weighted by molar-refractivity contribution is 0.559. The first-order valence-corrected chi connectivity index (χ1v) is 6.51. The second-order valence-corrected chi connectivity index (χ2v) is 4.90. The maximum absolute atomic E-state index is 5.78. The predicted octanol–water partition coefficient (Wildman–Crippen LogP) is 4.66. The smallest absolute Gasteiger partial charge is 0.134 e. The van der Waals surface area contributed by atoms with E-state index in [4.69, 9.17) is 4.42 Å². The topological polar surface area (TPSA) is 25.2 Å². The first-order chi connectivity index (χ1) is 9.22. The van der Waals surface area contributed by atoms with Gasteiger partial charge in [-0.2, -0.15) is 0 Å². The van der Waals surface area contributed by atoms with E-state index in [0.717, 1.165) is 22.4 Å². The standard InChI is InChI=1S/C17H17NO/c1-12-7-8-15(9-13(12)2)18-11-16-10-14-5-3-4-6-17(14)19-16/h3-10,18H,11H2,1-2H3. The summed E-state index contributed by atoms with van der Waals surface area (Å²) in [5, 5.41) is 4.55. The van der Waals surface area contributed by atoms with Gasteiger partial charge in [0, 0.05) is 11.1 Å². The van der Waals surface area contributed by atoms with Crippen molar-refractivity contribution in [2.45, 2.75) is 20.4 Å². The molecule has 0 saturated heterocycles. The lowest BCUT2D eigenvalue weighted by Gasteiger charge is -2.07. The van der Waals surface area contributed by atoms with Crippen LogP contribution in [0.15, 0.2) is 52.9 Å². The molecule has 0 unspecified atom stereocenters. The van der Waals surface area contributed by atoms with Crippen molar-refractivity contribution in [3.8, 4) is 0 Å². The maximum Gasteiger partial charge on any atom is 0.134 e. The summed E-state index contributed by atoms with van der Waals surface area (Å²) >= 11 is 0. The van der Waals surface area contributed by atoms with Crippen LogP contribution in [0.2, 0.25) is 0 Å². The molecule has 0 bridgehead atoms. The number of fused-ring (bicyclic) bond motifs is 1. The molecule has 2 heteroatoms. The van der Waals surface area contributed by atoms with Crippen molar-refractivity contribution in [2.75, 3.05) is 5.32 Å². The van der Waals surface area contributed by atoms with Crippen LogP contribution in [-0.4, -0.2) is 0 Å². The Bertz CT molecular complexity index is 679. The van der Waals surface area contributed by atoms with E-state index in [1.54, 1.807) is 0 Å². The number of aryl methyl sites for hydroxylation is 2. The molecule has 0 spiro atoms. The van der Waals surface area contributed by atoms with Crippen LogP contribution in [0.1, 0.15) is 16.9 Å². The molecular formula is C17H17NO. The minimum absolute atomic E-state index is 0.706. The zero-order valence-corrected chi connectivity index (χ0v) is 11.2. The monoisotopic (exact) mass is 251 g/mol. The number of anilines is 1. The van der Waals surface area contributed by atoms with E-state index in [2.05, 4.69) is 49.5 Å². The van der Waals surface area contributed by atoms with Crippen LogP contribution in [0.25, 0.3) is 11.0 Å². The molecule has 0 aliphatic carbocycles. The molecular weight excluding hydrogens is 234 g/mol. The van der Waals surface area contributed by atoms with E-state index < -0.39 is 0 Å². The van der Waals surface area contributed by atoms with Crippen LogP contribution in [-0.2, 0) is 6.54 Å². The van der Waals surface area contributed by atoms with Crippen LogP contribution in [0, 0.1) is 13.8 Å². The van der Waals surface area contributed by atoms with E-state index in [-0.39, 0.29) is 0 Å². The number of para-hydroxylation sites is 1. The fraction of sp³-hybridized carbons (Fsp3) is 0.176. The van der Waals surface area contributed by atoms with Gasteiger partial charge < -0.3 is 9.73 Å². The molecule has 0 aliphatic heterocycles. The molecule has 0 atom stereocenters. The zero-order valence-electron chi connectivity index (χ0n) is 11.2. The van der Waals surface area contributed by atoms with Crippen molar-refractivity contribution in [3.05, 3.63) is 65.4 Å². The van der Waals surface area contributed by atoms with Gasteiger partial charge in [0.1, 0.15) is 11.3 Å². The quantitative estimate of drug-likeness (QED) is 0.732. The summed E-state index contributed by atoms with van der Waals surface area (Å²) in [6.45, 7) is 4.96. The Balaban J connectivity index is 1.76. The normalized spacial score (nSPS) is 10.8. The Morgan fingerprint density at radius 1 is 0.947 bits per heavy atom. The van der Waals surface area contributed by atoms with Gasteiger partial charge in [0.15, 0.2) is 0 Å². The number of rotatable bonds is 3. The summed E-state index contributed by atoms with van der Waals surface area (Å²) in [4.78, 5) is 0. The van der Waals surface area contributed by atoms with Crippen LogP contribution in [0.5, 0.6) is 0 Å². The highest BCUT2D eigenvalue weighted by Gasteiger charge is 2.03. The highest BCUT2D eigenvalue weighted by Crippen LogP contribution is 2.20. The van der Waals surface area contributed by atoms with Crippen molar-refractivity contribution in [2.24, 2.45) is 0 Å². The van der Waals surface area contributed by atoms with Crippen molar-refractivity contribution in [1.82, 2.24) is 0 Å². The lowest BCUT2D eigenvalue weighted by Crippen LogP contribution is -1.98. The average molecular weight is 251 g/mol. The molecule has 1 heterocycles. The average Bonchev–Trinajstić information content (AvgIpc) is 2.83. The SMILES string of the molecule is Cc1ccc(NCc2cc3ccccc3o2)cc1C. The highest BCUT2D eigenvalue weighted by atomic mass is 16.3.